The van der Waals surface area contributed by atoms with Crippen LogP contribution in [0.25, 0.3) is 0 Å². The standard InChI is InChI=1S/C21H29FN2O2/c22-21(18-26-14-13-25-12-11-23)17-24(15-19-7-3-1-4-8-19)16-20-9-5-2-6-10-20/h1-10,21H,11-18,23H2. The second-order valence-corrected chi connectivity index (χ2v) is 6.21. The Hall–Kier alpha value is -1.79. The SMILES string of the molecule is NCCOCCOCC(F)CN(Cc1ccccc1)Cc1ccccc1. The quantitative estimate of drug-likeness (QED) is 0.558. The lowest BCUT2D eigenvalue weighted by atomic mass is 10.1. The van der Waals surface area contributed by atoms with Crippen LogP contribution in [-0.4, -0.2) is 50.6 Å². The molecule has 0 radical (unpaired) electrons. The number of benzene rings is 2. The van der Waals surface area contributed by atoms with E-state index >= 15 is 0 Å². The maximum Gasteiger partial charge on any atom is 0.136 e. The Balaban J connectivity index is 1.82. The van der Waals surface area contributed by atoms with Crippen molar-refractivity contribution < 1.29 is 13.9 Å². The average molecular weight is 360 g/mol. The van der Waals surface area contributed by atoms with Crippen molar-refractivity contribution >= 4 is 0 Å². The maximum absolute atomic E-state index is 14.4. The number of nitrogens with zero attached hydrogens (tertiary/aromatic N) is 1. The molecule has 0 saturated carbocycles. The molecular formula is C21H29FN2O2. The lowest BCUT2D eigenvalue weighted by Crippen LogP contribution is -2.32. The van der Waals surface area contributed by atoms with Crippen LogP contribution in [0.4, 0.5) is 4.39 Å². The van der Waals surface area contributed by atoms with Gasteiger partial charge in [0.1, 0.15) is 6.17 Å². The van der Waals surface area contributed by atoms with Gasteiger partial charge in [0, 0.05) is 26.2 Å². The topological polar surface area (TPSA) is 47.7 Å². The molecule has 0 aliphatic rings. The van der Waals surface area contributed by atoms with Crippen LogP contribution in [0.5, 0.6) is 0 Å². The summed E-state index contributed by atoms with van der Waals surface area (Å²) >= 11 is 0. The van der Waals surface area contributed by atoms with Crippen molar-refractivity contribution in [3.05, 3.63) is 71.8 Å². The first kappa shape index (κ1) is 20.5. The number of ether oxygens (including phenoxy) is 2. The van der Waals surface area contributed by atoms with Crippen LogP contribution in [-0.2, 0) is 22.6 Å². The van der Waals surface area contributed by atoms with E-state index in [0.29, 0.717) is 46.0 Å². The summed E-state index contributed by atoms with van der Waals surface area (Å²) in [5.41, 5.74) is 7.69. The van der Waals surface area contributed by atoms with Gasteiger partial charge in [-0.25, -0.2) is 4.39 Å². The fourth-order valence-corrected chi connectivity index (χ4v) is 2.72. The van der Waals surface area contributed by atoms with Gasteiger partial charge >= 0.3 is 0 Å². The summed E-state index contributed by atoms with van der Waals surface area (Å²) in [6, 6.07) is 20.3. The minimum Gasteiger partial charge on any atom is -0.378 e. The maximum atomic E-state index is 14.4. The van der Waals surface area contributed by atoms with Crippen LogP contribution in [0.2, 0.25) is 0 Å². The Morgan fingerprint density at radius 1 is 0.808 bits per heavy atom. The molecule has 2 aromatic carbocycles. The van der Waals surface area contributed by atoms with Crippen molar-refractivity contribution in [2.75, 3.05) is 39.5 Å². The van der Waals surface area contributed by atoms with E-state index in [4.69, 9.17) is 15.2 Å². The summed E-state index contributed by atoms with van der Waals surface area (Å²) in [6.07, 6.45) is -1.04. The highest BCUT2D eigenvalue weighted by molar-refractivity contribution is 5.17. The molecule has 0 fully saturated rings. The third-order valence-corrected chi connectivity index (χ3v) is 3.89. The molecule has 2 rings (SSSR count). The Kier molecular flexibility index (Phi) is 9.90. The predicted molar refractivity (Wildman–Crippen MR) is 103 cm³/mol. The second-order valence-electron chi connectivity index (χ2n) is 6.21. The highest BCUT2D eigenvalue weighted by Crippen LogP contribution is 2.12. The smallest absolute Gasteiger partial charge is 0.136 e. The molecule has 142 valence electrons. The zero-order valence-corrected chi connectivity index (χ0v) is 15.2. The molecule has 4 nitrogen and oxygen atoms in total. The largest absolute Gasteiger partial charge is 0.378 e. The van der Waals surface area contributed by atoms with Crippen molar-refractivity contribution in [3.8, 4) is 0 Å². The molecule has 0 spiro atoms. The van der Waals surface area contributed by atoms with Crippen LogP contribution in [0.1, 0.15) is 11.1 Å². The predicted octanol–water partition coefficient (Wildman–Crippen LogP) is 3.02. The van der Waals surface area contributed by atoms with Gasteiger partial charge in [0.25, 0.3) is 0 Å². The van der Waals surface area contributed by atoms with Crippen molar-refractivity contribution in [2.24, 2.45) is 5.73 Å². The number of halogens is 1. The van der Waals surface area contributed by atoms with Crippen LogP contribution in [0.3, 0.4) is 0 Å². The minimum absolute atomic E-state index is 0.0755. The molecule has 5 heteroatoms. The molecule has 0 bridgehead atoms. The van der Waals surface area contributed by atoms with Gasteiger partial charge in [-0.2, -0.15) is 0 Å². The molecule has 1 atom stereocenters. The van der Waals surface area contributed by atoms with Gasteiger partial charge in [0.15, 0.2) is 0 Å². The minimum atomic E-state index is -1.04. The molecule has 0 aliphatic heterocycles. The third kappa shape index (κ3) is 8.54. The highest BCUT2D eigenvalue weighted by Gasteiger charge is 2.15. The fourth-order valence-electron chi connectivity index (χ4n) is 2.72. The number of hydrogen-bond acceptors (Lipinski definition) is 4. The van der Waals surface area contributed by atoms with Gasteiger partial charge in [-0.15, -0.1) is 0 Å². The summed E-state index contributed by atoms with van der Waals surface area (Å²) in [6.45, 7) is 3.63. The van der Waals surface area contributed by atoms with Gasteiger partial charge < -0.3 is 15.2 Å². The Bertz CT molecular complexity index is 542. The first-order chi connectivity index (χ1) is 12.8. The molecule has 2 aromatic rings. The van der Waals surface area contributed by atoms with E-state index in [1.807, 2.05) is 36.4 Å². The van der Waals surface area contributed by atoms with Crippen molar-refractivity contribution in [1.82, 2.24) is 4.90 Å². The molecule has 0 aromatic heterocycles. The van der Waals surface area contributed by atoms with Gasteiger partial charge in [0.05, 0.1) is 26.4 Å². The number of alkyl halides is 1. The fraction of sp³-hybridized carbons (Fsp3) is 0.429. The number of hydrogen-bond donors (Lipinski definition) is 1. The first-order valence-corrected chi connectivity index (χ1v) is 9.07. The second kappa shape index (κ2) is 12.5. The molecule has 0 amide bonds. The van der Waals surface area contributed by atoms with E-state index in [2.05, 4.69) is 29.2 Å². The van der Waals surface area contributed by atoms with Gasteiger partial charge in [0.2, 0.25) is 0 Å². The summed E-state index contributed by atoms with van der Waals surface area (Å²) in [4.78, 5) is 2.11. The molecule has 0 heterocycles. The number of nitrogens with two attached hydrogens (primary N) is 1. The van der Waals surface area contributed by atoms with Crippen LogP contribution in [0, 0.1) is 0 Å². The van der Waals surface area contributed by atoms with E-state index in [-0.39, 0.29) is 6.61 Å². The zero-order chi connectivity index (χ0) is 18.5. The molecule has 2 N–H and O–H groups in total. The molecule has 0 saturated heterocycles. The van der Waals surface area contributed by atoms with Crippen molar-refractivity contribution in [3.63, 3.8) is 0 Å². The van der Waals surface area contributed by atoms with E-state index in [0.717, 1.165) is 0 Å². The molecular weight excluding hydrogens is 331 g/mol. The van der Waals surface area contributed by atoms with E-state index < -0.39 is 6.17 Å². The highest BCUT2D eigenvalue weighted by atomic mass is 19.1. The van der Waals surface area contributed by atoms with Crippen molar-refractivity contribution in [1.29, 1.82) is 0 Å². The Labute approximate surface area is 155 Å². The summed E-state index contributed by atoms with van der Waals surface area (Å²) in [7, 11) is 0. The monoisotopic (exact) mass is 360 g/mol. The lowest BCUT2D eigenvalue weighted by molar-refractivity contribution is 0.0189. The van der Waals surface area contributed by atoms with Crippen LogP contribution in [0.15, 0.2) is 60.7 Å². The van der Waals surface area contributed by atoms with Crippen molar-refractivity contribution in [2.45, 2.75) is 19.3 Å². The van der Waals surface area contributed by atoms with E-state index in [1.165, 1.54) is 11.1 Å². The van der Waals surface area contributed by atoms with Crippen LogP contribution < -0.4 is 5.73 Å². The summed E-state index contributed by atoms with van der Waals surface area (Å²) in [5.74, 6) is 0. The summed E-state index contributed by atoms with van der Waals surface area (Å²) < 4.78 is 25.0. The van der Waals surface area contributed by atoms with Gasteiger partial charge in [-0.3, -0.25) is 4.90 Å². The van der Waals surface area contributed by atoms with Gasteiger partial charge in [-0.05, 0) is 11.1 Å². The molecule has 26 heavy (non-hydrogen) atoms. The first-order valence-electron chi connectivity index (χ1n) is 9.07. The summed E-state index contributed by atoms with van der Waals surface area (Å²) in [5, 5.41) is 0. The average Bonchev–Trinajstić information content (AvgIpc) is 2.66. The normalized spacial score (nSPS) is 12.4. The third-order valence-electron chi connectivity index (χ3n) is 3.89. The van der Waals surface area contributed by atoms with E-state index in [1.54, 1.807) is 0 Å². The molecule has 0 aliphatic carbocycles. The Morgan fingerprint density at radius 2 is 1.35 bits per heavy atom. The van der Waals surface area contributed by atoms with E-state index in [9.17, 15) is 4.39 Å². The Morgan fingerprint density at radius 3 is 1.88 bits per heavy atom. The van der Waals surface area contributed by atoms with Crippen LogP contribution >= 0.6 is 0 Å². The lowest BCUT2D eigenvalue weighted by Gasteiger charge is -2.24. The van der Waals surface area contributed by atoms with Gasteiger partial charge in [-0.1, -0.05) is 60.7 Å². The molecule has 1 unspecified atom stereocenters. The zero-order valence-electron chi connectivity index (χ0n) is 15.2. The number of rotatable bonds is 13.